The lowest BCUT2D eigenvalue weighted by atomic mass is 10.2. The Bertz CT molecular complexity index is 1010. The van der Waals surface area contributed by atoms with Crippen molar-refractivity contribution < 1.29 is 4.79 Å². The Morgan fingerprint density at radius 2 is 2.00 bits per heavy atom. The molecule has 0 saturated carbocycles. The van der Waals surface area contributed by atoms with Gasteiger partial charge in [0.25, 0.3) is 5.91 Å². The van der Waals surface area contributed by atoms with E-state index in [0.29, 0.717) is 12.1 Å². The van der Waals surface area contributed by atoms with Crippen LogP contribution in [0, 0.1) is 0 Å². The Hall–Kier alpha value is -3.54. The van der Waals surface area contributed by atoms with E-state index in [1.165, 1.54) is 12.4 Å². The van der Waals surface area contributed by atoms with Crippen LogP contribution in [0.5, 0.6) is 0 Å². The zero-order valence-corrected chi connectivity index (χ0v) is 13.3. The number of nitrogens with zero attached hydrogens (tertiary/aromatic N) is 4. The number of hydrogen-bond donors (Lipinski definition) is 1. The van der Waals surface area contributed by atoms with E-state index >= 15 is 0 Å². The van der Waals surface area contributed by atoms with E-state index in [0.717, 1.165) is 22.3 Å². The van der Waals surface area contributed by atoms with Crippen LogP contribution in [-0.2, 0) is 6.54 Å². The van der Waals surface area contributed by atoms with Crippen LogP contribution < -0.4 is 5.32 Å². The maximum atomic E-state index is 12.2. The van der Waals surface area contributed by atoms with Gasteiger partial charge >= 0.3 is 0 Å². The summed E-state index contributed by atoms with van der Waals surface area (Å²) in [6.07, 6.45) is 6.76. The molecule has 25 heavy (non-hydrogen) atoms. The molecule has 0 fully saturated rings. The summed E-state index contributed by atoms with van der Waals surface area (Å²) in [4.78, 5) is 16.6. The summed E-state index contributed by atoms with van der Waals surface area (Å²) in [5.74, 6) is -0.206. The van der Waals surface area contributed by atoms with Crippen molar-refractivity contribution in [3.63, 3.8) is 0 Å². The first-order valence-electron chi connectivity index (χ1n) is 7.86. The topological polar surface area (TPSA) is 72.7 Å². The summed E-state index contributed by atoms with van der Waals surface area (Å²) in [5.41, 5.74) is 3.31. The monoisotopic (exact) mass is 329 g/mol. The number of carbonyl (C=O) groups is 1. The maximum absolute atomic E-state index is 12.2. The molecule has 0 atom stereocenters. The number of benzene rings is 1. The van der Waals surface area contributed by atoms with Crippen molar-refractivity contribution in [1.82, 2.24) is 19.7 Å². The number of fused-ring (bicyclic) bond motifs is 1. The van der Waals surface area contributed by atoms with E-state index < -0.39 is 0 Å². The molecule has 0 aliphatic heterocycles. The molecule has 0 bridgehead atoms. The minimum atomic E-state index is -0.206. The van der Waals surface area contributed by atoms with Gasteiger partial charge in [-0.1, -0.05) is 6.07 Å². The van der Waals surface area contributed by atoms with Crippen LogP contribution in [0.1, 0.15) is 16.1 Å². The number of aromatic nitrogens is 4. The summed E-state index contributed by atoms with van der Waals surface area (Å²) in [5, 5.41) is 11.3. The smallest absolute Gasteiger partial charge is 0.257 e. The maximum Gasteiger partial charge on any atom is 0.257 e. The summed E-state index contributed by atoms with van der Waals surface area (Å²) in [7, 11) is 0. The first-order chi connectivity index (χ1) is 12.3. The second kappa shape index (κ2) is 6.52. The highest BCUT2D eigenvalue weighted by molar-refractivity contribution is 6.04. The van der Waals surface area contributed by atoms with Gasteiger partial charge in [-0.05, 0) is 42.5 Å². The predicted molar refractivity (Wildman–Crippen MR) is 95.3 cm³/mol. The van der Waals surface area contributed by atoms with Crippen molar-refractivity contribution in [2.24, 2.45) is 0 Å². The van der Waals surface area contributed by atoms with Gasteiger partial charge in [-0.2, -0.15) is 10.2 Å². The largest absolute Gasteiger partial charge is 0.341 e. The molecule has 6 heteroatoms. The molecule has 0 radical (unpaired) electrons. The number of rotatable bonds is 4. The van der Waals surface area contributed by atoms with Crippen LogP contribution >= 0.6 is 0 Å². The van der Waals surface area contributed by atoms with Gasteiger partial charge in [0.2, 0.25) is 0 Å². The molecular weight excluding hydrogens is 314 g/mol. The van der Waals surface area contributed by atoms with Crippen LogP contribution in [0.2, 0.25) is 0 Å². The lowest BCUT2D eigenvalue weighted by molar-refractivity contribution is 0.102. The van der Waals surface area contributed by atoms with Crippen molar-refractivity contribution in [2.75, 3.05) is 5.32 Å². The quantitative estimate of drug-likeness (QED) is 0.624. The van der Waals surface area contributed by atoms with E-state index in [1.807, 2.05) is 48.7 Å². The molecule has 122 valence electrons. The van der Waals surface area contributed by atoms with Crippen LogP contribution in [0.25, 0.3) is 10.9 Å². The highest BCUT2D eigenvalue weighted by Crippen LogP contribution is 2.21. The molecule has 1 amide bonds. The Balaban J connectivity index is 1.56. The average molecular weight is 329 g/mol. The SMILES string of the molecule is O=C(Nc1ccc2c(ccn2Cc2ccccn2)c1)c1ccnnc1. The van der Waals surface area contributed by atoms with Crippen molar-refractivity contribution >= 4 is 22.5 Å². The van der Waals surface area contributed by atoms with E-state index in [-0.39, 0.29) is 5.91 Å². The fraction of sp³-hybridized carbons (Fsp3) is 0.0526. The molecule has 0 saturated heterocycles. The van der Waals surface area contributed by atoms with Gasteiger partial charge in [0.05, 0.1) is 30.2 Å². The van der Waals surface area contributed by atoms with E-state index in [9.17, 15) is 4.79 Å². The Morgan fingerprint density at radius 1 is 1.04 bits per heavy atom. The number of pyridine rings is 1. The molecule has 4 aromatic rings. The lowest BCUT2D eigenvalue weighted by Crippen LogP contribution is -2.12. The summed E-state index contributed by atoms with van der Waals surface area (Å²) in [6.45, 7) is 0.707. The van der Waals surface area contributed by atoms with Crippen molar-refractivity contribution in [2.45, 2.75) is 6.54 Å². The van der Waals surface area contributed by atoms with Gasteiger partial charge in [-0.3, -0.25) is 9.78 Å². The Morgan fingerprint density at radius 3 is 2.80 bits per heavy atom. The number of nitrogens with one attached hydrogen (secondary N) is 1. The fourth-order valence-corrected chi connectivity index (χ4v) is 2.71. The fourth-order valence-electron chi connectivity index (χ4n) is 2.71. The van der Waals surface area contributed by atoms with E-state index in [1.54, 1.807) is 12.3 Å². The molecule has 0 aliphatic carbocycles. The van der Waals surface area contributed by atoms with Crippen molar-refractivity contribution in [3.05, 3.63) is 84.6 Å². The van der Waals surface area contributed by atoms with Gasteiger partial charge in [0, 0.05) is 29.0 Å². The molecule has 0 unspecified atom stereocenters. The molecule has 0 spiro atoms. The van der Waals surface area contributed by atoms with Crippen LogP contribution in [0.4, 0.5) is 5.69 Å². The molecule has 0 aliphatic rings. The van der Waals surface area contributed by atoms with Gasteiger partial charge in [-0.25, -0.2) is 0 Å². The van der Waals surface area contributed by atoms with Gasteiger partial charge in [-0.15, -0.1) is 0 Å². The first-order valence-corrected chi connectivity index (χ1v) is 7.86. The second-order valence-corrected chi connectivity index (χ2v) is 5.62. The van der Waals surface area contributed by atoms with E-state index in [4.69, 9.17) is 0 Å². The minimum absolute atomic E-state index is 0.206. The predicted octanol–water partition coefficient (Wildman–Crippen LogP) is 3.13. The van der Waals surface area contributed by atoms with Crippen molar-refractivity contribution in [1.29, 1.82) is 0 Å². The summed E-state index contributed by atoms with van der Waals surface area (Å²) in [6, 6.07) is 15.4. The van der Waals surface area contributed by atoms with Crippen LogP contribution in [0.3, 0.4) is 0 Å². The number of carbonyl (C=O) groups excluding carboxylic acids is 1. The van der Waals surface area contributed by atoms with Gasteiger partial charge in [0.1, 0.15) is 0 Å². The molecule has 1 N–H and O–H groups in total. The number of anilines is 1. The third-order valence-electron chi connectivity index (χ3n) is 3.93. The van der Waals surface area contributed by atoms with Gasteiger partial charge < -0.3 is 9.88 Å². The molecule has 4 rings (SSSR count). The molecule has 6 nitrogen and oxygen atoms in total. The highest BCUT2D eigenvalue weighted by atomic mass is 16.1. The molecule has 3 heterocycles. The van der Waals surface area contributed by atoms with Gasteiger partial charge in [0.15, 0.2) is 0 Å². The summed E-state index contributed by atoms with van der Waals surface area (Å²) >= 11 is 0. The number of hydrogen-bond acceptors (Lipinski definition) is 4. The van der Waals surface area contributed by atoms with Crippen LogP contribution in [0.15, 0.2) is 73.3 Å². The average Bonchev–Trinajstić information content (AvgIpc) is 3.05. The molecular formula is C19H15N5O. The minimum Gasteiger partial charge on any atom is -0.341 e. The standard InChI is InChI=1S/C19H15N5O/c25-19(15-6-9-21-22-12-15)23-16-4-5-18-14(11-16)7-10-24(18)13-17-3-1-2-8-20-17/h1-12H,13H2,(H,23,25). The Kier molecular flexibility index (Phi) is 3.92. The second-order valence-electron chi connectivity index (χ2n) is 5.62. The molecule has 3 aromatic heterocycles. The lowest BCUT2D eigenvalue weighted by Gasteiger charge is -2.07. The van der Waals surface area contributed by atoms with Crippen LogP contribution in [-0.4, -0.2) is 25.7 Å². The third-order valence-corrected chi connectivity index (χ3v) is 3.93. The normalized spacial score (nSPS) is 10.7. The first kappa shape index (κ1) is 15.0. The third kappa shape index (κ3) is 3.23. The summed E-state index contributed by atoms with van der Waals surface area (Å²) < 4.78 is 2.13. The van der Waals surface area contributed by atoms with E-state index in [2.05, 4.69) is 25.1 Å². The molecule has 1 aromatic carbocycles. The van der Waals surface area contributed by atoms with Crippen molar-refractivity contribution in [3.8, 4) is 0 Å². The number of amides is 1. The highest BCUT2D eigenvalue weighted by Gasteiger charge is 2.08. The zero-order valence-electron chi connectivity index (χ0n) is 13.3. The Labute approximate surface area is 144 Å². The zero-order chi connectivity index (χ0) is 17.1.